The van der Waals surface area contributed by atoms with E-state index in [0.717, 1.165) is 14.8 Å². The lowest BCUT2D eigenvalue weighted by Crippen LogP contribution is -2.02. The van der Waals surface area contributed by atoms with E-state index >= 15 is 0 Å². The molecule has 19 heavy (non-hydrogen) atoms. The van der Waals surface area contributed by atoms with Crippen molar-refractivity contribution in [2.24, 2.45) is 0 Å². The zero-order chi connectivity index (χ0) is 14.2. The van der Waals surface area contributed by atoms with Crippen molar-refractivity contribution in [3.05, 3.63) is 37.6 Å². The van der Waals surface area contributed by atoms with Gasteiger partial charge in [0, 0.05) is 5.56 Å². The molecule has 2 aromatic rings. The van der Waals surface area contributed by atoms with Gasteiger partial charge in [-0.25, -0.2) is 9.97 Å². The minimum atomic E-state index is 0.0334. The van der Waals surface area contributed by atoms with Gasteiger partial charge in [0.1, 0.15) is 10.9 Å². The highest BCUT2D eigenvalue weighted by atomic mass is 127. The number of aromatic nitrogens is 2. The lowest BCUT2D eigenvalue weighted by atomic mass is 10.1. The van der Waals surface area contributed by atoms with Crippen LogP contribution in [0.25, 0.3) is 11.4 Å². The van der Waals surface area contributed by atoms with Crippen LogP contribution in [0.15, 0.2) is 18.2 Å². The molecule has 1 heterocycles. The summed E-state index contributed by atoms with van der Waals surface area (Å²) in [6.07, 6.45) is 0. The normalized spacial score (nSPS) is 11.1. The molecule has 0 fully saturated rings. The van der Waals surface area contributed by atoms with Gasteiger partial charge in [-0.2, -0.15) is 0 Å². The van der Waals surface area contributed by atoms with Crippen LogP contribution in [-0.2, 0) is 0 Å². The molecular formula is C13H11Cl2IN2O. The van der Waals surface area contributed by atoms with Crippen molar-refractivity contribution in [2.75, 3.05) is 0 Å². The van der Waals surface area contributed by atoms with Gasteiger partial charge in [-0.15, -0.1) is 0 Å². The van der Waals surface area contributed by atoms with Crippen LogP contribution in [0.4, 0.5) is 0 Å². The van der Waals surface area contributed by atoms with E-state index in [-0.39, 0.29) is 16.7 Å². The molecule has 0 bridgehead atoms. The summed E-state index contributed by atoms with van der Waals surface area (Å²) in [4.78, 5) is 8.79. The number of nitrogens with zero attached hydrogens (tertiary/aromatic N) is 2. The topological polar surface area (TPSA) is 46.0 Å². The SMILES string of the molecule is CC(C)c1nc(-c2ccc(O)c(Cl)c2)nc(Cl)c1I. The van der Waals surface area contributed by atoms with Gasteiger partial charge in [0.15, 0.2) is 5.82 Å². The Labute approximate surface area is 135 Å². The number of hydrogen-bond donors (Lipinski definition) is 1. The molecule has 100 valence electrons. The number of benzene rings is 1. The van der Waals surface area contributed by atoms with Crippen LogP contribution in [0.2, 0.25) is 10.2 Å². The van der Waals surface area contributed by atoms with E-state index in [2.05, 4.69) is 46.4 Å². The minimum Gasteiger partial charge on any atom is -0.506 e. The first-order valence-corrected chi connectivity index (χ1v) is 7.45. The zero-order valence-electron chi connectivity index (χ0n) is 10.3. The monoisotopic (exact) mass is 408 g/mol. The van der Waals surface area contributed by atoms with Crippen LogP contribution in [0.3, 0.4) is 0 Å². The van der Waals surface area contributed by atoms with Crippen LogP contribution >= 0.6 is 45.8 Å². The number of rotatable bonds is 2. The summed E-state index contributed by atoms with van der Waals surface area (Å²) in [5.41, 5.74) is 1.63. The number of hydrogen-bond acceptors (Lipinski definition) is 3. The highest BCUT2D eigenvalue weighted by Crippen LogP contribution is 2.31. The zero-order valence-corrected chi connectivity index (χ0v) is 14.0. The van der Waals surface area contributed by atoms with Crippen LogP contribution in [0.1, 0.15) is 25.5 Å². The molecular weight excluding hydrogens is 398 g/mol. The van der Waals surface area contributed by atoms with Crippen molar-refractivity contribution in [1.82, 2.24) is 9.97 Å². The Morgan fingerprint density at radius 1 is 1.21 bits per heavy atom. The Morgan fingerprint density at radius 2 is 1.89 bits per heavy atom. The summed E-state index contributed by atoms with van der Waals surface area (Å²) in [7, 11) is 0. The number of aromatic hydroxyl groups is 1. The van der Waals surface area contributed by atoms with Gasteiger partial charge >= 0.3 is 0 Å². The fourth-order valence-corrected chi connectivity index (χ4v) is 2.81. The Hall–Kier alpha value is -0.590. The largest absolute Gasteiger partial charge is 0.506 e. The van der Waals surface area contributed by atoms with E-state index < -0.39 is 0 Å². The fourth-order valence-electron chi connectivity index (χ4n) is 1.59. The molecule has 2 rings (SSSR count). The molecule has 0 aliphatic rings. The van der Waals surface area contributed by atoms with Crippen molar-refractivity contribution >= 4 is 45.8 Å². The highest BCUT2D eigenvalue weighted by molar-refractivity contribution is 14.1. The molecule has 1 N–H and O–H groups in total. The molecule has 6 heteroatoms. The first-order chi connectivity index (χ1) is 8.90. The molecule has 0 unspecified atom stereocenters. The average Bonchev–Trinajstić information content (AvgIpc) is 2.35. The Bertz CT molecular complexity index is 632. The first kappa shape index (κ1) is 14.8. The van der Waals surface area contributed by atoms with E-state index in [0.29, 0.717) is 11.0 Å². The summed E-state index contributed by atoms with van der Waals surface area (Å²) in [5.74, 6) is 0.792. The number of halogens is 3. The predicted molar refractivity (Wildman–Crippen MR) is 86.0 cm³/mol. The van der Waals surface area contributed by atoms with Gasteiger partial charge in [0.2, 0.25) is 0 Å². The summed E-state index contributed by atoms with van der Waals surface area (Å²) in [6.45, 7) is 4.10. The quantitative estimate of drug-likeness (QED) is 0.568. The molecule has 0 atom stereocenters. The van der Waals surface area contributed by atoms with Gasteiger partial charge < -0.3 is 5.11 Å². The standard InChI is InChI=1S/C13H11Cl2IN2O/c1-6(2)11-10(16)12(15)18-13(17-11)7-3-4-9(19)8(14)5-7/h3-6,19H,1-2H3. The predicted octanol–water partition coefficient (Wildman–Crippen LogP) is 4.88. The van der Waals surface area contributed by atoms with E-state index in [1.54, 1.807) is 12.1 Å². The number of phenolic OH excluding ortho intramolecular Hbond substituents is 1. The molecule has 1 aromatic carbocycles. The van der Waals surface area contributed by atoms with Gasteiger partial charge in [0.05, 0.1) is 14.3 Å². The summed E-state index contributed by atoms with van der Waals surface area (Å²) >= 11 is 14.2. The van der Waals surface area contributed by atoms with E-state index in [1.807, 2.05) is 0 Å². The van der Waals surface area contributed by atoms with E-state index in [1.165, 1.54) is 6.07 Å². The fraction of sp³-hybridized carbons (Fsp3) is 0.231. The third-order valence-electron chi connectivity index (χ3n) is 2.59. The van der Waals surface area contributed by atoms with E-state index in [9.17, 15) is 5.11 Å². The summed E-state index contributed by atoms with van der Waals surface area (Å²) in [5, 5.41) is 10.1. The molecule has 1 aromatic heterocycles. The lowest BCUT2D eigenvalue weighted by Gasteiger charge is -2.11. The maximum atomic E-state index is 9.43. The molecule has 0 aliphatic heterocycles. The summed E-state index contributed by atoms with van der Waals surface area (Å²) < 4.78 is 0.864. The summed E-state index contributed by atoms with van der Waals surface area (Å²) in [6, 6.07) is 4.85. The van der Waals surface area contributed by atoms with Crippen molar-refractivity contribution in [3.8, 4) is 17.1 Å². The molecule has 0 amide bonds. The van der Waals surface area contributed by atoms with Crippen LogP contribution in [0.5, 0.6) is 5.75 Å². The second kappa shape index (κ2) is 5.81. The molecule has 3 nitrogen and oxygen atoms in total. The third kappa shape index (κ3) is 3.12. The van der Waals surface area contributed by atoms with Crippen molar-refractivity contribution in [3.63, 3.8) is 0 Å². The Balaban J connectivity index is 2.59. The molecule has 0 radical (unpaired) electrons. The Morgan fingerprint density at radius 3 is 2.47 bits per heavy atom. The smallest absolute Gasteiger partial charge is 0.161 e. The van der Waals surface area contributed by atoms with Crippen molar-refractivity contribution in [2.45, 2.75) is 19.8 Å². The van der Waals surface area contributed by atoms with Gasteiger partial charge in [-0.1, -0.05) is 37.0 Å². The van der Waals surface area contributed by atoms with Crippen LogP contribution in [-0.4, -0.2) is 15.1 Å². The van der Waals surface area contributed by atoms with Gasteiger partial charge in [-0.05, 0) is 46.7 Å². The van der Waals surface area contributed by atoms with Crippen LogP contribution in [0, 0.1) is 3.57 Å². The maximum Gasteiger partial charge on any atom is 0.161 e. The molecule has 0 saturated heterocycles. The van der Waals surface area contributed by atoms with Gasteiger partial charge in [-0.3, -0.25) is 0 Å². The van der Waals surface area contributed by atoms with Gasteiger partial charge in [0.25, 0.3) is 0 Å². The van der Waals surface area contributed by atoms with Crippen molar-refractivity contribution < 1.29 is 5.11 Å². The van der Waals surface area contributed by atoms with Crippen LogP contribution < -0.4 is 0 Å². The highest BCUT2D eigenvalue weighted by Gasteiger charge is 2.15. The maximum absolute atomic E-state index is 9.43. The number of phenols is 1. The second-order valence-electron chi connectivity index (χ2n) is 4.36. The minimum absolute atomic E-state index is 0.0334. The molecule has 0 spiro atoms. The molecule has 0 saturated carbocycles. The van der Waals surface area contributed by atoms with E-state index in [4.69, 9.17) is 23.2 Å². The van der Waals surface area contributed by atoms with Crippen molar-refractivity contribution in [1.29, 1.82) is 0 Å². The third-order valence-corrected chi connectivity index (χ3v) is 4.55. The first-order valence-electron chi connectivity index (χ1n) is 5.62. The lowest BCUT2D eigenvalue weighted by molar-refractivity contribution is 0.475. The second-order valence-corrected chi connectivity index (χ2v) is 6.20. The Kier molecular flexibility index (Phi) is 4.53. The molecule has 0 aliphatic carbocycles. The average molecular weight is 409 g/mol.